The molecular weight excluding hydrogens is 234 g/mol. The Labute approximate surface area is 94.7 Å². The van der Waals surface area contributed by atoms with Crippen LogP contribution >= 0.6 is 10.7 Å². The average molecular weight is 248 g/mol. The summed E-state index contributed by atoms with van der Waals surface area (Å²) in [6.07, 6.45) is 1.31. The van der Waals surface area contributed by atoms with Crippen molar-refractivity contribution in [3.05, 3.63) is 23.3 Å². The Bertz CT molecular complexity index is 469. The first-order valence-corrected chi connectivity index (χ1v) is 7.07. The van der Waals surface area contributed by atoms with Crippen molar-refractivity contribution >= 4 is 25.4 Å². The molecule has 0 saturated heterocycles. The summed E-state index contributed by atoms with van der Waals surface area (Å²) >= 11 is 0. The summed E-state index contributed by atoms with van der Waals surface area (Å²) in [7, 11) is 1.68. The van der Waals surface area contributed by atoms with Crippen LogP contribution in [0.2, 0.25) is 0 Å². The molecule has 15 heavy (non-hydrogen) atoms. The number of benzene rings is 1. The van der Waals surface area contributed by atoms with Crippen LogP contribution in [0.1, 0.15) is 25.0 Å². The molecular formula is C10H14ClNO2S. The van der Waals surface area contributed by atoms with Crippen LogP contribution in [0.4, 0.5) is 5.69 Å². The fraction of sp³-hybridized carbons (Fsp3) is 0.400. The summed E-state index contributed by atoms with van der Waals surface area (Å²) in [5.74, 6) is 0. The van der Waals surface area contributed by atoms with Gasteiger partial charge in [-0.15, -0.1) is 0 Å². The molecule has 0 atom stereocenters. The zero-order valence-corrected chi connectivity index (χ0v) is 10.3. The van der Waals surface area contributed by atoms with Crippen molar-refractivity contribution in [1.82, 2.24) is 0 Å². The Kier molecular flexibility index (Phi) is 3.62. The summed E-state index contributed by atoms with van der Waals surface area (Å²) in [6, 6.07) is 3.06. The molecule has 0 saturated carbocycles. The Balaban J connectivity index is 3.57. The van der Waals surface area contributed by atoms with Crippen LogP contribution in [0.25, 0.3) is 0 Å². The molecule has 0 radical (unpaired) electrons. The Morgan fingerprint density at radius 3 is 2.13 bits per heavy atom. The number of hydrogen-bond acceptors (Lipinski definition) is 3. The lowest BCUT2D eigenvalue weighted by Gasteiger charge is -2.12. The molecule has 0 spiro atoms. The van der Waals surface area contributed by atoms with Crippen LogP contribution < -0.4 is 5.73 Å². The lowest BCUT2D eigenvalue weighted by Crippen LogP contribution is -2.04. The maximum atomic E-state index is 11.3. The monoisotopic (exact) mass is 247 g/mol. The quantitative estimate of drug-likeness (QED) is 0.659. The number of hydrogen-bond donors (Lipinski definition) is 1. The highest BCUT2D eigenvalue weighted by Crippen LogP contribution is 2.28. The van der Waals surface area contributed by atoms with E-state index in [-0.39, 0.29) is 4.90 Å². The molecule has 2 N–H and O–H groups in total. The molecule has 0 aliphatic rings. The highest BCUT2D eigenvalue weighted by atomic mass is 35.7. The second-order valence-electron chi connectivity index (χ2n) is 3.25. The van der Waals surface area contributed by atoms with Gasteiger partial charge in [0.2, 0.25) is 0 Å². The SMILES string of the molecule is CCc1c(N)ccc(S(=O)(=O)Cl)c1CC. The number of rotatable bonds is 3. The predicted molar refractivity (Wildman–Crippen MR) is 62.6 cm³/mol. The average Bonchev–Trinajstić information content (AvgIpc) is 2.15. The highest BCUT2D eigenvalue weighted by Gasteiger charge is 2.18. The summed E-state index contributed by atoms with van der Waals surface area (Å²) in [6.45, 7) is 3.83. The predicted octanol–water partition coefficient (Wildman–Crippen LogP) is 2.32. The van der Waals surface area contributed by atoms with Crippen molar-refractivity contribution in [3.8, 4) is 0 Å². The third-order valence-electron chi connectivity index (χ3n) is 2.39. The van der Waals surface area contributed by atoms with Gasteiger partial charge in [0.15, 0.2) is 0 Å². The minimum atomic E-state index is -3.68. The largest absolute Gasteiger partial charge is 0.398 e. The first kappa shape index (κ1) is 12.3. The first-order chi connectivity index (χ1) is 6.91. The van der Waals surface area contributed by atoms with Crippen molar-refractivity contribution in [2.75, 3.05) is 5.73 Å². The molecule has 0 aliphatic carbocycles. The topological polar surface area (TPSA) is 60.2 Å². The fourth-order valence-corrected chi connectivity index (χ4v) is 2.95. The van der Waals surface area contributed by atoms with Gasteiger partial charge in [-0.1, -0.05) is 13.8 Å². The lowest BCUT2D eigenvalue weighted by molar-refractivity contribution is 0.608. The number of anilines is 1. The molecule has 0 unspecified atom stereocenters. The minimum Gasteiger partial charge on any atom is -0.398 e. The minimum absolute atomic E-state index is 0.178. The second kappa shape index (κ2) is 4.41. The molecule has 0 aliphatic heterocycles. The van der Waals surface area contributed by atoms with E-state index in [1.54, 1.807) is 6.07 Å². The molecule has 84 valence electrons. The van der Waals surface area contributed by atoms with Crippen molar-refractivity contribution in [2.45, 2.75) is 31.6 Å². The third kappa shape index (κ3) is 2.44. The molecule has 0 bridgehead atoms. The zero-order chi connectivity index (χ0) is 11.6. The summed E-state index contributed by atoms with van der Waals surface area (Å²) in [4.78, 5) is 0.178. The lowest BCUT2D eigenvalue weighted by atomic mass is 10.0. The van der Waals surface area contributed by atoms with Gasteiger partial charge >= 0.3 is 0 Å². The van der Waals surface area contributed by atoms with E-state index in [4.69, 9.17) is 16.4 Å². The molecule has 0 aromatic heterocycles. The van der Waals surface area contributed by atoms with Crippen LogP contribution in [-0.4, -0.2) is 8.42 Å². The summed E-state index contributed by atoms with van der Waals surface area (Å²) in [5, 5.41) is 0. The van der Waals surface area contributed by atoms with E-state index in [1.165, 1.54) is 6.07 Å². The van der Waals surface area contributed by atoms with E-state index in [2.05, 4.69) is 0 Å². The van der Waals surface area contributed by atoms with Crippen molar-refractivity contribution in [1.29, 1.82) is 0 Å². The van der Waals surface area contributed by atoms with Gasteiger partial charge in [0.25, 0.3) is 9.05 Å². The third-order valence-corrected chi connectivity index (χ3v) is 3.80. The van der Waals surface area contributed by atoms with Gasteiger partial charge in [-0.3, -0.25) is 0 Å². The van der Waals surface area contributed by atoms with Gasteiger partial charge in [0, 0.05) is 16.4 Å². The van der Waals surface area contributed by atoms with E-state index in [9.17, 15) is 8.42 Å². The zero-order valence-electron chi connectivity index (χ0n) is 8.75. The summed E-state index contributed by atoms with van der Waals surface area (Å²) in [5.41, 5.74) is 8.01. The Morgan fingerprint density at radius 2 is 1.73 bits per heavy atom. The van der Waals surface area contributed by atoms with Crippen molar-refractivity contribution < 1.29 is 8.42 Å². The van der Waals surface area contributed by atoms with Gasteiger partial charge in [-0.05, 0) is 36.1 Å². The van der Waals surface area contributed by atoms with E-state index >= 15 is 0 Å². The van der Waals surface area contributed by atoms with Crippen LogP contribution in [0.3, 0.4) is 0 Å². The van der Waals surface area contributed by atoms with E-state index < -0.39 is 9.05 Å². The molecule has 1 aromatic carbocycles. The number of halogens is 1. The van der Waals surface area contributed by atoms with Gasteiger partial charge in [0.05, 0.1) is 4.90 Å². The smallest absolute Gasteiger partial charge is 0.261 e. The maximum absolute atomic E-state index is 11.3. The van der Waals surface area contributed by atoms with Gasteiger partial charge in [0.1, 0.15) is 0 Å². The molecule has 1 rings (SSSR count). The normalized spacial score (nSPS) is 11.7. The molecule has 0 fully saturated rings. The van der Waals surface area contributed by atoms with Crippen molar-refractivity contribution in [3.63, 3.8) is 0 Å². The Hall–Kier alpha value is -0.740. The van der Waals surface area contributed by atoms with E-state index in [0.717, 1.165) is 11.1 Å². The molecule has 0 heterocycles. The maximum Gasteiger partial charge on any atom is 0.261 e. The van der Waals surface area contributed by atoms with E-state index in [1.807, 2.05) is 13.8 Å². The number of nitrogen functional groups attached to an aromatic ring is 1. The van der Waals surface area contributed by atoms with Gasteiger partial charge in [-0.25, -0.2) is 8.42 Å². The van der Waals surface area contributed by atoms with Crippen LogP contribution in [0, 0.1) is 0 Å². The van der Waals surface area contributed by atoms with Crippen LogP contribution in [0.5, 0.6) is 0 Å². The Morgan fingerprint density at radius 1 is 1.20 bits per heavy atom. The molecule has 3 nitrogen and oxygen atoms in total. The second-order valence-corrected chi connectivity index (χ2v) is 5.79. The van der Waals surface area contributed by atoms with Gasteiger partial charge in [-0.2, -0.15) is 0 Å². The molecule has 1 aromatic rings. The highest BCUT2D eigenvalue weighted by molar-refractivity contribution is 8.13. The van der Waals surface area contributed by atoms with Crippen LogP contribution in [-0.2, 0) is 21.9 Å². The van der Waals surface area contributed by atoms with Gasteiger partial charge < -0.3 is 5.73 Å². The molecule has 0 amide bonds. The molecule has 5 heteroatoms. The first-order valence-electron chi connectivity index (χ1n) is 4.76. The standard InChI is InChI=1S/C10H14ClNO2S/c1-3-7-8(4-2)10(15(11,13)14)6-5-9(7)12/h5-6H,3-4,12H2,1-2H3. The summed E-state index contributed by atoms with van der Waals surface area (Å²) < 4.78 is 22.6. The number of nitrogens with two attached hydrogens (primary N) is 1. The van der Waals surface area contributed by atoms with Crippen molar-refractivity contribution in [2.24, 2.45) is 0 Å². The fourth-order valence-electron chi connectivity index (χ4n) is 1.72. The van der Waals surface area contributed by atoms with Crippen LogP contribution in [0.15, 0.2) is 17.0 Å². The van der Waals surface area contributed by atoms with E-state index in [0.29, 0.717) is 18.5 Å².